The number of terminal acetylenes is 1. The van der Waals surface area contributed by atoms with Gasteiger partial charge in [-0.3, -0.25) is 0 Å². The Labute approximate surface area is 82.1 Å². The summed E-state index contributed by atoms with van der Waals surface area (Å²) in [6.07, 6.45) is 5.21. The van der Waals surface area contributed by atoms with Gasteiger partial charge in [-0.2, -0.15) is 0 Å². The number of rotatable bonds is 3. The van der Waals surface area contributed by atoms with E-state index >= 15 is 0 Å². The highest BCUT2D eigenvalue weighted by Crippen LogP contribution is 2.18. The standard InChI is InChI=1S/C11H11F2N/c1-3-10(14-4-2)8-6-5-7-9(12)11(8)13/h1,5-7,10,14H,4H2,2H3. The third-order valence-electron chi connectivity index (χ3n) is 1.87. The van der Waals surface area contributed by atoms with Crippen LogP contribution in [0.1, 0.15) is 18.5 Å². The van der Waals surface area contributed by atoms with Gasteiger partial charge in [-0.1, -0.05) is 25.0 Å². The molecule has 0 aliphatic rings. The second-order valence-electron chi connectivity index (χ2n) is 2.80. The van der Waals surface area contributed by atoms with Gasteiger partial charge in [0.25, 0.3) is 0 Å². The molecular weight excluding hydrogens is 184 g/mol. The molecule has 0 aromatic heterocycles. The zero-order chi connectivity index (χ0) is 10.6. The summed E-state index contributed by atoms with van der Waals surface area (Å²) in [4.78, 5) is 0. The van der Waals surface area contributed by atoms with E-state index in [0.29, 0.717) is 6.54 Å². The van der Waals surface area contributed by atoms with E-state index < -0.39 is 17.7 Å². The number of hydrogen-bond donors (Lipinski definition) is 1. The van der Waals surface area contributed by atoms with Crippen molar-refractivity contribution in [3.05, 3.63) is 35.4 Å². The zero-order valence-corrected chi connectivity index (χ0v) is 7.85. The lowest BCUT2D eigenvalue weighted by Gasteiger charge is -2.12. The molecule has 1 aromatic rings. The Bertz CT molecular complexity index is 355. The van der Waals surface area contributed by atoms with E-state index in [4.69, 9.17) is 6.42 Å². The second-order valence-corrected chi connectivity index (χ2v) is 2.80. The van der Waals surface area contributed by atoms with Gasteiger partial charge in [0, 0.05) is 5.56 Å². The van der Waals surface area contributed by atoms with Gasteiger partial charge in [-0.25, -0.2) is 8.78 Å². The van der Waals surface area contributed by atoms with Gasteiger partial charge in [0.15, 0.2) is 11.6 Å². The summed E-state index contributed by atoms with van der Waals surface area (Å²) in [6.45, 7) is 2.45. The van der Waals surface area contributed by atoms with Crippen LogP contribution in [0.4, 0.5) is 8.78 Å². The molecular formula is C11H11F2N. The number of nitrogens with one attached hydrogen (secondary N) is 1. The van der Waals surface area contributed by atoms with Gasteiger partial charge in [-0.05, 0) is 12.6 Å². The molecule has 3 heteroatoms. The maximum absolute atomic E-state index is 13.3. The van der Waals surface area contributed by atoms with Crippen LogP contribution in [0.15, 0.2) is 18.2 Å². The smallest absolute Gasteiger partial charge is 0.164 e. The van der Waals surface area contributed by atoms with E-state index in [-0.39, 0.29) is 5.56 Å². The second kappa shape index (κ2) is 4.73. The van der Waals surface area contributed by atoms with Crippen LogP contribution in [0, 0.1) is 24.0 Å². The summed E-state index contributed by atoms with van der Waals surface area (Å²) in [7, 11) is 0. The predicted octanol–water partition coefficient (Wildman–Crippen LogP) is 2.25. The van der Waals surface area contributed by atoms with Gasteiger partial charge in [0.1, 0.15) is 0 Å². The van der Waals surface area contributed by atoms with Crippen molar-refractivity contribution < 1.29 is 8.78 Å². The molecule has 1 nitrogen and oxygen atoms in total. The molecule has 1 rings (SSSR count). The lowest BCUT2D eigenvalue weighted by atomic mass is 10.1. The largest absolute Gasteiger partial charge is 0.300 e. The summed E-state index contributed by atoms with van der Waals surface area (Å²) < 4.78 is 26.1. The normalized spacial score (nSPS) is 12.1. The molecule has 0 fully saturated rings. The first-order valence-corrected chi connectivity index (χ1v) is 4.34. The van der Waals surface area contributed by atoms with Crippen molar-refractivity contribution in [3.8, 4) is 12.3 Å². The molecule has 0 aliphatic heterocycles. The Hall–Kier alpha value is -1.40. The Morgan fingerprint density at radius 2 is 2.21 bits per heavy atom. The average Bonchev–Trinajstić information content (AvgIpc) is 2.19. The van der Waals surface area contributed by atoms with Crippen molar-refractivity contribution in [2.24, 2.45) is 0 Å². The van der Waals surface area contributed by atoms with Gasteiger partial charge < -0.3 is 5.32 Å². The molecule has 0 saturated heterocycles. The highest BCUT2D eigenvalue weighted by Gasteiger charge is 2.14. The van der Waals surface area contributed by atoms with E-state index in [1.54, 1.807) is 0 Å². The first-order chi connectivity index (χ1) is 6.70. The van der Waals surface area contributed by atoms with Gasteiger partial charge in [0.05, 0.1) is 6.04 Å². The number of hydrogen-bond acceptors (Lipinski definition) is 1. The topological polar surface area (TPSA) is 12.0 Å². The highest BCUT2D eigenvalue weighted by atomic mass is 19.2. The third-order valence-corrected chi connectivity index (χ3v) is 1.87. The van der Waals surface area contributed by atoms with Gasteiger partial charge in [0.2, 0.25) is 0 Å². The zero-order valence-electron chi connectivity index (χ0n) is 7.85. The molecule has 0 heterocycles. The first-order valence-electron chi connectivity index (χ1n) is 4.34. The van der Waals surface area contributed by atoms with Crippen LogP contribution in [0.5, 0.6) is 0 Å². The van der Waals surface area contributed by atoms with Crippen LogP contribution in [-0.2, 0) is 0 Å². The van der Waals surface area contributed by atoms with E-state index in [1.165, 1.54) is 12.1 Å². The molecule has 1 unspecified atom stereocenters. The lowest BCUT2D eigenvalue weighted by Crippen LogP contribution is -2.20. The summed E-state index contributed by atoms with van der Waals surface area (Å²) in [5.74, 6) is 0.617. The molecule has 0 bridgehead atoms. The summed E-state index contributed by atoms with van der Waals surface area (Å²) in [5, 5.41) is 2.87. The van der Waals surface area contributed by atoms with E-state index in [2.05, 4.69) is 11.2 Å². The molecule has 1 aromatic carbocycles. The minimum atomic E-state index is -0.878. The van der Waals surface area contributed by atoms with Crippen molar-refractivity contribution in [3.63, 3.8) is 0 Å². The Morgan fingerprint density at radius 3 is 2.79 bits per heavy atom. The van der Waals surface area contributed by atoms with E-state index in [0.717, 1.165) is 6.07 Å². The van der Waals surface area contributed by atoms with E-state index in [9.17, 15) is 8.78 Å². The maximum Gasteiger partial charge on any atom is 0.164 e. The maximum atomic E-state index is 13.3. The molecule has 74 valence electrons. The fourth-order valence-corrected chi connectivity index (χ4v) is 1.21. The van der Waals surface area contributed by atoms with Gasteiger partial charge >= 0.3 is 0 Å². The molecule has 0 saturated carbocycles. The average molecular weight is 195 g/mol. The van der Waals surface area contributed by atoms with Crippen molar-refractivity contribution in [1.29, 1.82) is 0 Å². The molecule has 1 N–H and O–H groups in total. The minimum absolute atomic E-state index is 0.175. The third kappa shape index (κ3) is 2.09. The first kappa shape index (κ1) is 10.7. The van der Waals surface area contributed by atoms with Gasteiger partial charge in [-0.15, -0.1) is 6.42 Å². The Morgan fingerprint density at radius 1 is 1.50 bits per heavy atom. The highest BCUT2D eigenvalue weighted by molar-refractivity contribution is 5.28. The summed E-state index contributed by atoms with van der Waals surface area (Å²) in [5.41, 5.74) is 0.175. The van der Waals surface area contributed by atoms with Crippen LogP contribution < -0.4 is 5.32 Å². The van der Waals surface area contributed by atoms with Crippen LogP contribution >= 0.6 is 0 Å². The molecule has 0 amide bonds. The molecule has 0 spiro atoms. The SMILES string of the molecule is C#CC(NCC)c1cccc(F)c1F. The van der Waals surface area contributed by atoms with Crippen molar-refractivity contribution in [2.45, 2.75) is 13.0 Å². The quantitative estimate of drug-likeness (QED) is 0.729. The minimum Gasteiger partial charge on any atom is -0.300 e. The summed E-state index contributed by atoms with van der Waals surface area (Å²) in [6, 6.07) is 3.41. The van der Waals surface area contributed by atoms with Crippen LogP contribution in [0.3, 0.4) is 0 Å². The molecule has 0 aliphatic carbocycles. The number of halogens is 2. The Kier molecular flexibility index (Phi) is 3.61. The summed E-state index contributed by atoms with van der Waals surface area (Å²) >= 11 is 0. The van der Waals surface area contributed by atoms with Crippen molar-refractivity contribution in [1.82, 2.24) is 5.32 Å². The number of benzene rings is 1. The van der Waals surface area contributed by atoms with E-state index in [1.807, 2.05) is 6.92 Å². The predicted molar refractivity (Wildman–Crippen MR) is 51.6 cm³/mol. The fraction of sp³-hybridized carbons (Fsp3) is 0.273. The van der Waals surface area contributed by atoms with Crippen LogP contribution in [0.25, 0.3) is 0 Å². The monoisotopic (exact) mass is 195 g/mol. The Balaban J connectivity index is 3.05. The van der Waals surface area contributed by atoms with Crippen molar-refractivity contribution >= 4 is 0 Å². The molecule has 1 atom stereocenters. The molecule has 14 heavy (non-hydrogen) atoms. The van der Waals surface area contributed by atoms with Crippen molar-refractivity contribution in [2.75, 3.05) is 6.54 Å². The van der Waals surface area contributed by atoms with Crippen LogP contribution in [-0.4, -0.2) is 6.54 Å². The molecule has 0 radical (unpaired) electrons. The lowest BCUT2D eigenvalue weighted by molar-refractivity contribution is 0.487. The fourth-order valence-electron chi connectivity index (χ4n) is 1.21. The van der Waals surface area contributed by atoms with Crippen LogP contribution in [0.2, 0.25) is 0 Å².